The topological polar surface area (TPSA) is 55.1 Å². The van der Waals surface area contributed by atoms with Crippen LogP contribution in [0.5, 0.6) is 0 Å². The van der Waals surface area contributed by atoms with Gasteiger partial charge in [0, 0.05) is 12.1 Å². The van der Waals surface area contributed by atoms with E-state index in [4.69, 9.17) is 5.73 Å². The Balaban J connectivity index is 2.66. The Hall–Kier alpha value is -1.31. The van der Waals surface area contributed by atoms with E-state index in [1.54, 1.807) is 0 Å². The molecule has 3 nitrogen and oxygen atoms in total. The van der Waals surface area contributed by atoms with Crippen molar-refractivity contribution in [2.45, 2.75) is 20.3 Å². The molecular weight excluding hydrogens is 232 g/mol. The van der Waals surface area contributed by atoms with Crippen LogP contribution in [0.15, 0.2) is 11.4 Å². The molecule has 1 rings (SSSR count). The molecule has 92 valence electrons. The molecule has 1 amide bonds. The Morgan fingerprint density at radius 3 is 3.06 bits per heavy atom. The molecule has 1 unspecified atom stereocenters. The second-order valence-electron chi connectivity index (χ2n) is 3.89. The fraction of sp³-hybridized carbons (Fsp3) is 0.462. The van der Waals surface area contributed by atoms with E-state index < -0.39 is 0 Å². The molecule has 0 fully saturated rings. The summed E-state index contributed by atoms with van der Waals surface area (Å²) in [6.07, 6.45) is 1.06. The van der Waals surface area contributed by atoms with Crippen LogP contribution in [0.3, 0.4) is 0 Å². The van der Waals surface area contributed by atoms with Crippen molar-refractivity contribution < 1.29 is 4.79 Å². The lowest BCUT2D eigenvalue weighted by atomic mass is 10.1. The van der Waals surface area contributed by atoms with Crippen LogP contribution < -0.4 is 11.1 Å². The summed E-state index contributed by atoms with van der Waals surface area (Å²) in [7, 11) is 0. The fourth-order valence-electron chi connectivity index (χ4n) is 1.22. The second-order valence-corrected chi connectivity index (χ2v) is 4.81. The molecule has 0 aliphatic rings. The van der Waals surface area contributed by atoms with Crippen LogP contribution in [0, 0.1) is 17.8 Å². The van der Waals surface area contributed by atoms with E-state index in [9.17, 15) is 4.79 Å². The number of hydrogen-bond donors (Lipinski definition) is 2. The van der Waals surface area contributed by atoms with E-state index in [0.29, 0.717) is 23.9 Å². The van der Waals surface area contributed by atoms with E-state index in [0.717, 1.165) is 12.0 Å². The third kappa shape index (κ3) is 4.22. The molecule has 0 aliphatic carbocycles. The monoisotopic (exact) mass is 250 g/mol. The van der Waals surface area contributed by atoms with Crippen LogP contribution in [-0.2, 0) is 0 Å². The molecule has 0 saturated carbocycles. The maximum atomic E-state index is 11.9. The molecule has 17 heavy (non-hydrogen) atoms. The molecule has 3 N–H and O–H groups in total. The van der Waals surface area contributed by atoms with Gasteiger partial charge in [-0.3, -0.25) is 4.79 Å². The quantitative estimate of drug-likeness (QED) is 0.801. The normalized spacial score (nSPS) is 11.5. The van der Waals surface area contributed by atoms with Crippen molar-refractivity contribution in [1.29, 1.82) is 0 Å². The van der Waals surface area contributed by atoms with Crippen molar-refractivity contribution in [2.24, 2.45) is 11.7 Å². The predicted molar refractivity (Wildman–Crippen MR) is 72.0 cm³/mol. The maximum absolute atomic E-state index is 11.9. The minimum absolute atomic E-state index is 0.0402. The van der Waals surface area contributed by atoms with Gasteiger partial charge in [0.15, 0.2) is 0 Å². The number of amides is 1. The first-order chi connectivity index (χ1) is 8.19. The predicted octanol–water partition coefficient (Wildman–Crippen LogP) is 1.83. The molecule has 1 heterocycles. The minimum Gasteiger partial charge on any atom is -0.351 e. The number of thiophene rings is 1. The van der Waals surface area contributed by atoms with Gasteiger partial charge in [-0.25, -0.2) is 0 Å². The van der Waals surface area contributed by atoms with Gasteiger partial charge in [-0.05, 0) is 17.4 Å². The summed E-state index contributed by atoms with van der Waals surface area (Å²) in [5.74, 6) is 6.13. The van der Waals surface area contributed by atoms with Crippen LogP contribution in [0.1, 0.15) is 35.5 Å². The molecule has 0 spiro atoms. The molecule has 0 bridgehead atoms. The van der Waals surface area contributed by atoms with Gasteiger partial charge >= 0.3 is 0 Å². The molecule has 0 aromatic carbocycles. The van der Waals surface area contributed by atoms with E-state index in [1.165, 1.54) is 11.3 Å². The van der Waals surface area contributed by atoms with Crippen LogP contribution >= 0.6 is 11.3 Å². The zero-order valence-electron chi connectivity index (χ0n) is 10.2. The van der Waals surface area contributed by atoms with E-state index in [1.807, 2.05) is 11.4 Å². The standard InChI is InChI=1S/C13H18N2OS/c1-3-10(2)9-15-13(16)12-11(5-4-7-14)6-8-17-12/h6,8,10H,3,7,9,14H2,1-2H3,(H,15,16). The van der Waals surface area contributed by atoms with Gasteiger partial charge in [-0.1, -0.05) is 32.1 Å². The number of nitrogens with one attached hydrogen (secondary N) is 1. The highest BCUT2D eigenvalue weighted by Crippen LogP contribution is 2.15. The summed E-state index contributed by atoms with van der Waals surface area (Å²) in [5, 5.41) is 4.80. The smallest absolute Gasteiger partial charge is 0.262 e. The summed E-state index contributed by atoms with van der Waals surface area (Å²) in [5.41, 5.74) is 6.08. The summed E-state index contributed by atoms with van der Waals surface area (Å²) >= 11 is 1.41. The Bertz CT molecular complexity index is 428. The molecule has 1 atom stereocenters. The van der Waals surface area contributed by atoms with Crippen molar-refractivity contribution in [3.63, 3.8) is 0 Å². The molecule has 0 saturated heterocycles. The highest BCUT2D eigenvalue weighted by Gasteiger charge is 2.12. The van der Waals surface area contributed by atoms with E-state index in [2.05, 4.69) is 31.0 Å². The molecule has 0 aliphatic heterocycles. The zero-order valence-corrected chi connectivity index (χ0v) is 11.1. The Kier molecular flexibility index (Phi) is 5.75. The van der Waals surface area contributed by atoms with E-state index >= 15 is 0 Å². The SMILES string of the molecule is CCC(C)CNC(=O)c1sccc1C#CCN. The maximum Gasteiger partial charge on any atom is 0.262 e. The van der Waals surface area contributed by atoms with Crippen LogP contribution in [-0.4, -0.2) is 19.0 Å². The lowest BCUT2D eigenvalue weighted by Crippen LogP contribution is -2.27. The third-order valence-corrected chi connectivity index (χ3v) is 3.42. The summed E-state index contributed by atoms with van der Waals surface area (Å²) in [4.78, 5) is 12.6. The zero-order chi connectivity index (χ0) is 12.7. The number of carbonyl (C=O) groups is 1. The summed E-state index contributed by atoms with van der Waals surface area (Å²) in [6, 6.07) is 1.85. The summed E-state index contributed by atoms with van der Waals surface area (Å²) in [6.45, 7) is 5.24. The van der Waals surface area contributed by atoms with Crippen LogP contribution in [0.2, 0.25) is 0 Å². The first-order valence-corrected chi connectivity index (χ1v) is 6.61. The van der Waals surface area contributed by atoms with Gasteiger partial charge in [-0.15, -0.1) is 11.3 Å². The van der Waals surface area contributed by atoms with Gasteiger partial charge in [0.1, 0.15) is 4.88 Å². The average molecular weight is 250 g/mol. The number of nitrogens with two attached hydrogens (primary N) is 1. The number of rotatable bonds is 4. The van der Waals surface area contributed by atoms with Gasteiger partial charge in [0.25, 0.3) is 5.91 Å². The van der Waals surface area contributed by atoms with Crippen molar-refractivity contribution in [1.82, 2.24) is 5.32 Å². The first kappa shape index (κ1) is 13.8. The summed E-state index contributed by atoms with van der Waals surface area (Å²) < 4.78 is 0. The highest BCUT2D eigenvalue weighted by atomic mass is 32.1. The van der Waals surface area contributed by atoms with Gasteiger partial charge in [-0.2, -0.15) is 0 Å². The Morgan fingerprint density at radius 1 is 1.65 bits per heavy atom. The molecule has 4 heteroatoms. The van der Waals surface area contributed by atoms with Crippen molar-refractivity contribution >= 4 is 17.2 Å². The second kappa shape index (κ2) is 7.10. The highest BCUT2D eigenvalue weighted by molar-refractivity contribution is 7.12. The largest absolute Gasteiger partial charge is 0.351 e. The third-order valence-electron chi connectivity index (χ3n) is 2.50. The van der Waals surface area contributed by atoms with Crippen molar-refractivity contribution in [3.8, 4) is 11.8 Å². The number of hydrogen-bond acceptors (Lipinski definition) is 3. The van der Waals surface area contributed by atoms with Crippen molar-refractivity contribution in [3.05, 3.63) is 21.9 Å². The van der Waals surface area contributed by atoms with Gasteiger partial charge in [0.2, 0.25) is 0 Å². The van der Waals surface area contributed by atoms with Gasteiger partial charge < -0.3 is 11.1 Å². The fourth-order valence-corrected chi connectivity index (χ4v) is 1.99. The van der Waals surface area contributed by atoms with Crippen LogP contribution in [0.4, 0.5) is 0 Å². The lowest BCUT2D eigenvalue weighted by Gasteiger charge is -2.09. The Morgan fingerprint density at radius 2 is 2.41 bits per heavy atom. The average Bonchev–Trinajstić information content (AvgIpc) is 2.81. The van der Waals surface area contributed by atoms with Crippen LogP contribution in [0.25, 0.3) is 0 Å². The molecule has 0 radical (unpaired) electrons. The first-order valence-electron chi connectivity index (χ1n) is 5.73. The van der Waals surface area contributed by atoms with Crippen molar-refractivity contribution in [2.75, 3.05) is 13.1 Å². The molecule has 1 aromatic rings. The van der Waals surface area contributed by atoms with Gasteiger partial charge in [0.05, 0.1) is 6.54 Å². The molecule has 1 aromatic heterocycles. The lowest BCUT2D eigenvalue weighted by molar-refractivity contribution is 0.0951. The number of carbonyl (C=O) groups excluding carboxylic acids is 1. The Labute approximate surface area is 106 Å². The minimum atomic E-state index is -0.0402. The van der Waals surface area contributed by atoms with E-state index in [-0.39, 0.29) is 5.91 Å². The molecular formula is C13H18N2OS.